The van der Waals surface area contributed by atoms with Crippen LogP contribution in [0, 0.1) is 18.8 Å². The van der Waals surface area contributed by atoms with Crippen molar-refractivity contribution < 1.29 is 24.1 Å². The van der Waals surface area contributed by atoms with Crippen LogP contribution in [0.25, 0.3) is 0 Å². The summed E-state index contributed by atoms with van der Waals surface area (Å²) in [6.45, 7) is 12.6. The van der Waals surface area contributed by atoms with Gasteiger partial charge in [0.25, 0.3) is 5.91 Å². The van der Waals surface area contributed by atoms with Crippen LogP contribution in [0.1, 0.15) is 44.2 Å². The number of aryl methyl sites for hydroxylation is 1. The highest BCUT2D eigenvalue weighted by Gasteiger charge is 2.30. The summed E-state index contributed by atoms with van der Waals surface area (Å²) >= 11 is 0. The van der Waals surface area contributed by atoms with Crippen LogP contribution in [0.3, 0.4) is 0 Å². The van der Waals surface area contributed by atoms with E-state index in [-0.39, 0.29) is 5.91 Å². The molecule has 2 aliphatic rings. The van der Waals surface area contributed by atoms with Gasteiger partial charge in [0.1, 0.15) is 32.7 Å². The normalized spacial score (nSPS) is 29.3. The minimum absolute atomic E-state index is 0.232. The van der Waals surface area contributed by atoms with Crippen LogP contribution >= 0.6 is 0 Å². The molecule has 1 heterocycles. The van der Waals surface area contributed by atoms with Crippen molar-refractivity contribution in [2.75, 3.05) is 46.9 Å². The van der Waals surface area contributed by atoms with Gasteiger partial charge >= 0.3 is 0 Å². The summed E-state index contributed by atoms with van der Waals surface area (Å²) in [6.07, 6.45) is 3.67. The van der Waals surface area contributed by atoms with Gasteiger partial charge in [-0.3, -0.25) is 4.79 Å². The Bertz CT molecular complexity index is 716. The lowest BCUT2D eigenvalue weighted by atomic mass is 9.78. The van der Waals surface area contributed by atoms with Crippen LogP contribution in [0.15, 0.2) is 12.1 Å². The number of benzene rings is 1. The fraction of sp³-hybridized carbons (Fsp3) is 0.708. The van der Waals surface area contributed by atoms with Crippen molar-refractivity contribution in [2.24, 2.45) is 11.8 Å². The van der Waals surface area contributed by atoms with Crippen molar-refractivity contribution in [1.29, 1.82) is 0 Å². The van der Waals surface area contributed by atoms with Crippen molar-refractivity contribution in [3.05, 3.63) is 23.3 Å². The van der Waals surface area contributed by atoms with Crippen molar-refractivity contribution in [2.45, 2.75) is 52.6 Å². The minimum atomic E-state index is 0.232. The molecule has 3 N–H and O–H groups in total. The van der Waals surface area contributed by atoms with Crippen molar-refractivity contribution in [3.63, 3.8) is 0 Å². The maximum atomic E-state index is 12.6. The Labute approximate surface area is 181 Å². The number of ether oxygens (including phenoxy) is 2. The van der Waals surface area contributed by atoms with E-state index < -0.39 is 0 Å². The van der Waals surface area contributed by atoms with Gasteiger partial charge in [-0.2, -0.15) is 0 Å². The smallest absolute Gasteiger partial charge is 0.275 e. The quantitative estimate of drug-likeness (QED) is 0.593. The van der Waals surface area contributed by atoms with Crippen LogP contribution in [0.4, 0.5) is 0 Å². The average Bonchev–Trinajstić information content (AvgIpc) is 2.74. The number of nitrogens with one attached hydrogen (secondary N) is 3. The van der Waals surface area contributed by atoms with E-state index in [1.165, 1.54) is 28.9 Å². The van der Waals surface area contributed by atoms with Gasteiger partial charge in [0.2, 0.25) is 0 Å². The highest BCUT2D eigenvalue weighted by molar-refractivity contribution is 5.77. The third-order valence-electron chi connectivity index (χ3n) is 7.41. The summed E-state index contributed by atoms with van der Waals surface area (Å²) in [4.78, 5) is 15.6. The zero-order valence-electron chi connectivity index (χ0n) is 19.5. The maximum absolute atomic E-state index is 12.6. The lowest BCUT2D eigenvalue weighted by Crippen LogP contribution is -3.28. The molecule has 1 saturated heterocycles. The van der Waals surface area contributed by atoms with Crippen molar-refractivity contribution in [3.8, 4) is 11.5 Å². The average molecular weight is 420 g/mol. The molecule has 1 aromatic carbocycles. The molecular weight excluding hydrogens is 378 g/mol. The van der Waals surface area contributed by atoms with Gasteiger partial charge in [-0.25, -0.2) is 0 Å². The van der Waals surface area contributed by atoms with E-state index in [2.05, 4.69) is 38.2 Å². The third kappa shape index (κ3) is 5.67. The molecule has 3 atom stereocenters. The Hall–Kier alpha value is -1.79. The molecule has 168 valence electrons. The number of piperazine rings is 1. The van der Waals surface area contributed by atoms with E-state index in [1.54, 1.807) is 19.1 Å². The van der Waals surface area contributed by atoms with Gasteiger partial charge in [-0.05, 0) is 42.9 Å². The first-order valence-electron chi connectivity index (χ1n) is 11.6. The molecule has 1 aromatic rings. The molecule has 1 saturated carbocycles. The first kappa shape index (κ1) is 22.9. The predicted octanol–water partition coefficient (Wildman–Crippen LogP) is 0.237. The monoisotopic (exact) mass is 419 g/mol. The molecule has 1 aliphatic carbocycles. The maximum Gasteiger partial charge on any atom is 0.275 e. The molecule has 1 amide bonds. The summed E-state index contributed by atoms with van der Waals surface area (Å²) in [6, 6.07) is 4.54. The van der Waals surface area contributed by atoms with E-state index >= 15 is 0 Å². The minimum Gasteiger partial charge on any atom is -0.493 e. The zero-order chi connectivity index (χ0) is 21.7. The van der Waals surface area contributed by atoms with Gasteiger partial charge in [0.05, 0.1) is 14.2 Å². The molecule has 0 radical (unpaired) electrons. The first-order chi connectivity index (χ1) is 14.4. The predicted molar refractivity (Wildman–Crippen MR) is 118 cm³/mol. The van der Waals surface area contributed by atoms with Crippen LogP contribution in [-0.4, -0.2) is 58.9 Å². The second kappa shape index (κ2) is 10.5. The summed E-state index contributed by atoms with van der Waals surface area (Å²) in [5, 5.41) is 3.34. The highest BCUT2D eigenvalue weighted by atomic mass is 16.5. The molecule has 6 nitrogen and oxygen atoms in total. The zero-order valence-corrected chi connectivity index (χ0v) is 19.5. The molecule has 0 aromatic heterocycles. The largest absolute Gasteiger partial charge is 0.493 e. The van der Waals surface area contributed by atoms with Gasteiger partial charge in [0.15, 0.2) is 18.0 Å². The number of methoxy groups -OCH3 is 2. The topological polar surface area (TPSA) is 56.4 Å². The molecule has 2 fully saturated rings. The number of carbonyl (C=O) groups is 1. The number of amides is 1. The lowest BCUT2D eigenvalue weighted by molar-refractivity contribution is -1.02. The van der Waals surface area contributed by atoms with E-state index in [0.29, 0.717) is 24.4 Å². The number of rotatable bonds is 7. The van der Waals surface area contributed by atoms with Gasteiger partial charge in [-0.1, -0.05) is 26.7 Å². The number of carbonyl (C=O) groups excluding carboxylic acids is 1. The Morgan fingerprint density at radius 2 is 1.67 bits per heavy atom. The van der Waals surface area contributed by atoms with Gasteiger partial charge in [-0.15, -0.1) is 0 Å². The summed E-state index contributed by atoms with van der Waals surface area (Å²) < 4.78 is 10.9. The number of hydrogen-bond acceptors (Lipinski definition) is 3. The van der Waals surface area contributed by atoms with Gasteiger partial charge in [0, 0.05) is 11.6 Å². The summed E-state index contributed by atoms with van der Waals surface area (Å²) in [7, 11) is 3.36. The Morgan fingerprint density at radius 1 is 1.03 bits per heavy atom. The Kier molecular flexibility index (Phi) is 8.00. The van der Waals surface area contributed by atoms with Gasteiger partial charge < -0.3 is 24.6 Å². The highest BCUT2D eigenvalue weighted by Crippen LogP contribution is 2.30. The molecule has 0 spiro atoms. The van der Waals surface area contributed by atoms with E-state index in [9.17, 15) is 4.79 Å². The molecular formula is C24H41N3O3+2. The van der Waals surface area contributed by atoms with Crippen LogP contribution < -0.4 is 24.6 Å². The standard InChI is InChI=1S/C24H39N3O3/c1-17-7-6-8-21(19(17)3)25-24(28)16-27-11-9-26(10-12-27)15-20-14-23(30-5)22(29-4)13-18(20)2/h13-14,17,19,21H,6-12,15-16H2,1-5H3,(H,25,28)/p+2/t17-,19-,21+/m0/s1. The summed E-state index contributed by atoms with van der Waals surface area (Å²) in [5.41, 5.74) is 2.55. The number of quaternary nitrogens is 2. The van der Waals surface area contributed by atoms with Crippen LogP contribution in [0.2, 0.25) is 0 Å². The van der Waals surface area contributed by atoms with E-state index in [4.69, 9.17) is 9.47 Å². The second-order valence-corrected chi connectivity index (χ2v) is 9.43. The molecule has 3 rings (SSSR count). The fourth-order valence-corrected chi connectivity index (χ4v) is 5.06. The summed E-state index contributed by atoms with van der Waals surface area (Å²) in [5.74, 6) is 3.11. The van der Waals surface area contributed by atoms with Crippen molar-refractivity contribution in [1.82, 2.24) is 5.32 Å². The van der Waals surface area contributed by atoms with Crippen LogP contribution in [0.5, 0.6) is 11.5 Å². The molecule has 30 heavy (non-hydrogen) atoms. The van der Waals surface area contributed by atoms with E-state index in [1.807, 2.05) is 0 Å². The molecule has 1 aliphatic heterocycles. The number of hydrogen-bond donors (Lipinski definition) is 3. The first-order valence-corrected chi connectivity index (χ1v) is 11.6. The lowest BCUT2D eigenvalue weighted by Gasteiger charge is -2.35. The van der Waals surface area contributed by atoms with Crippen LogP contribution in [-0.2, 0) is 11.3 Å². The molecule has 6 heteroatoms. The third-order valence-corrected chi connectivity index (χ3v) is 7.41. The molecule has 0 unspecified atom stereocenters. The van der Waals surface area contributed by atoms with E-state index in [0.717, 1.165) is 50.6 Å². The molecule has 0 bridgehead atoms. The second-order valence-electron chi connectivity index (χ2n) is 9.43. The van der Waals surface area contributed by atoms with Crippen molar-refractivity contribution >= 4 is 5.91 Å². The fourth-order valence-electron chi connectivity index (χ4n) is 5.06. The SMILES string of the molecule is COc1cc(C)c(C[NH+]2CC[NH+](CC(=O)N[C@@H]3CCC[C@H](C)[C@@H]3C)CC2)cc1OC. The Balaban J connectivity index is 1.46. The Morgan fingerprint density at radius 3 is 2.33 bits per heavy atom.